The summed E-state index contributed by atoms with van der Waals surface area (Å²) < 4.78 is 54.0. The second kappa shape index (κ2) is 9.40. The van der Waals surface area contributed by atoms with E-state index in [1.54, 1.807) is 0 Å². The first kappa shape index (κ1) is 24.4. The van der Waals surface area contributed by atoms with Crippen molar-refractivity contribution in [3.8, 4) is 0 Å². The van der Waals surface area contributed by atoms with E-state index >= 15 is 0 Å². The Morgan fingerprint density at radius 2 is 1.00 bits per heavy atom. The molecule has 0 saturated carbocycles. The predicted octanol–water partition coefficient (Wildman–Crippen LogP) is -9.33. The first-order valence-electron chi connectivity index (χ1n) is 1.37. The maximum absolute atomic E-state index is 9.63. The van der Waals surface area contributed by atoms with Crippen LogP contribution in [0.1, 0.15) is 4.28 Å². The van der Waals surface area contributed by atoms with Crippen LogP contribution in [0.2, 0.25) is 0 Å². The molecule has 12 heteroatoms. The molecule has 0 unspecified atom stereocenters. The molecule has 0 aromatic carbocycles. The fourth-order valence-corrected chi connectivity index (χ4v) is 2.93. The summed E-state index contributed by atoms with van der Waals surface area (Å²) in [5, 5.41) is 0. The molecule has 0 aromatic rings. The van der Waals surface area contributed by atoms with Crippen molar-refractivity contribution in [2.24, 2.45) is 0 Å². The van der Waals surface area contributed by atoms with Gasteiger partial charge in [-0.25, -0.2) is 0 Å². The van der Waals surface area contributed by atoms with Crippen LogP contribution in [0.3, 0.4) is 0 Å². The van der Waals surface area contributed by atoms with Crippen LogP contribution in [-0.4, -0.2) is 25.9 Å². The van der Waals surface area contributed by atoms with Crippen LogP contribution in [0, 0.1) is 0 Å². The Hall–Kier alpha value is 3.17. The van der Waals surface area contributed by atoms with Gasteiger partial charge in [-0.05, 0) is 0 Å². The van der Waals surface area contributed by atoms with E-state index in [4.69, 9.17) is 9.11 Å². The smallest absolute Gasteiger partial charge is 1.00 e. The molecular formula is H5Na3O6S3. The molecule has 0 amide bonds. The third kappa shape index (κ3) is 23.2. The van der Waals surface area contributed by atoms with Crippen molar-refractivity contribution in [1.82, 2.24) is 0 Å². The number of rotatable bonds is 2. The van der Waals surface area contributed by atoms with E-state index in [-0.39, 0.29) is 93.0 Å². The Morgan fingerprint density at radius 1 is 0.833 bits per heavy atom. The summed E-state index contributed by atoms with van der Waals surface area (Å²) in [6.45, 7) is 0. The zero-order valence-electron chi connectivity index (χ0n) is 9.75. The summed E-state index contributed by atoms with van der Waals surface area (Å²) in [6.07, 6.45) is 0. The van der Waals surface area contributed by atoms with Crippen molar-refractivity contribution in [3.63, 3.8) is 0 Å². The molecular weight excluding hydrogens is 261 g/mol. The first-order valence-corrected chi connectivity index (χ1v) is 6.10. The summed E-state index contributed by atoms with van der Waals surface area (Å²) in [5.41, 5.74) is 0. The number of hydrogen-bond donors (Lipinski definition) is 2. The Kier molecular flexibility index (Phi) is 19.1. The minimum atomic E-state index is -4.70. The van der Waals surface area contributed by atoms with Gasteiger partial charge in [-0.1, -0.05) is 0 Å². The zero-order valence-corrected chi connectivity index (χ0v) is 15.2. The van der Waals surface area contributed by atoms with E-state index in [1.165, 1.54) is 0 Å². The van der Waals surface area contributed by atoms with Gasteiger partial charge in [0.2, 0.25) is 0 Å². The molecule has 0 fully saturated rings. The Bertz CT molecular complexity index is 254. The zero-order chi connectivity index (χ0) is 7.71. The third-order valence-corrected chi connectivity index (χ3v) is 4.64. The molecule has 0 rings (SSSR count). The quantitative estimate of drug-likeness (QED) is 0.290. The van der Waals surface area contributed by atoms with Crippen molar-refractivity contribution < 1.29 is 119 Å². The molecule has 0 atom stereocenters. The van der Waals surface area contributed by atoms with Crippen LogP contribution in [-0.2, 0) is 18.3 Å². The van der Waals surface area contributed by atoms with Crippen LogP contribution >= 0.6 is 9.83 Å². The first-order chi connectivity index (χ1) is 3.71. The van der Waals surface area contributed by atoms with Gasteiger partial charge < -0.3 is 4.28 Å². The van der Waals surface area contributed by atoms with E-state index in [2.05, 4.69) is 0 Å². The van der Waals surface area contributed by atoms with Gasteiger partial charge in [-0.2, -0.15) is 16.8 Å². The summed E-state index contributed by atoms with van der Waals surface area (Å²) >= 11 is 0. The van der Waals surface area contributed by atoms with Gasteiger partial charge in [-0.15, -0.1) is 0 Å². The van der Waals surface area contributed by atoms with Crippen molar-refractivity contribution in [1.29, 1.82) is 0 Å². The second-order valence-electron chi connectivity index (χ2n) is 0.924. The molecule has 12 heavy (non-hydrogen) atoms. The van der Waals surface area contributed by atoms with E-state index in [0.29, 0.717) is 0 Å². The Labute approximate surface area is 144 Å². The second-order valence-corrected chi connectivity index (χ2v) is 6.93. The summed E-state index contributed by atoms with van der Waals surface area (Å²) in [4.78, 5) is 0. The van der Waals surface area contributed by atoms with Crippen molar-refractivity contribution in [2.75, 3.05) is 0 Å². The topological polar surface area (TPSA) is 109 Å². The van der Waals surface area contributed by atoms with Crippen molar-refractivity contribution >= 4 is 28.1 Å². The van der Waals surface area contributed by atoms with Gasteiger partial charge in [0.1, 0.15) is 0 Å². The molecule has 0 aliphatic carbocycles. The summed E-state index contributed by atoms with van der Waals surface area (Å²) in [6, 6.07) is 0. The van der Waals surface area contributed by atoms with E-state index in [0.717, 1.165) is 0 Å². The van der Waals surface area contributed by atoms with Gasteiger partial charge in [0.15, 0.2) is 9.83 Å². The van der Waals surface area contributed by atoms with E-state index in [1.807, 2.05) is 0 Å². The molecule has 0 saturated heterocycles. The monoisotopic (exact) mass is 266 g/mol. The van der Waals surface area contributed by atoms with E-state index < -0.39 is 28.1 Å². The summed E-state index contributed by atoms with van der Waals surface area (Å²) in [7, 11) is -10.3. The predicted molar refractivity (Wildman–Crippen MR) is 34.0 cm³/mol. The van der Waals surface area contributed by atoms with Crippen LogP contribution < -0.4 is 88.7 Å². The maximum atomic E-state index is 9.63. The molecule has 6 nitrogen and oxygen atoms in total. The molecule has 0 bridgehead atoms. The molecule has 0 aliphatic rings. The largest absolute Gasteiger partial charge is 1.00 e. The van der Waals surface area contributed by atoms with Crippen molar-refractivity contribution in [3.05, 3.63) is 0 Å². The van der Waals surface area contributed by atoms with Crippen LogP contribution in [0.15, 0.2) is 0 Å². The Balaban J connectivity index is -0.0000000213. The molecule has 2 N–H and O–H groups in total. The van der Waals surface area contributed by atoms with Crippen LogP contribution in [0.25, 0.3) is 0 Å². The summed E-state index contributed by atoms with van der Waals surface area (Å²) in [5.74, 6) is 0. The molecule has 0 spiro atoms. The average Bonchev–Trinajstić information content (AvgIpc) is 1.14. The maximum Gasteiger partial charge on any atom is 1.00 e. The minimum absolute atomic E-state index is 0. The third-order valence-electron chi connectivity index (χ3n) is 0.172. The molecule has 0 aromatic heterocycles. The van der Waals surface area contributed by atoms with Gasteiger partial charge in [-0.3, -0.25) is 9.11 Å². The van der Waals surface area contributed by atoms with Gasteiger partial charge >= 0.3 is 107 Å². The fourth-order valence-electron chi connectivity index (χ4n) is 0.109. The molecule has 0 radical (unpaired) electrons. The Morgan fingerprint density at radius 3 is 1.00 bits per heavy atom. The van der Waals surface area contributed by atoms with Gasteiger partial charge in [0, 0.05) is 0 Å². The molecule has 62 valence electrons. The van der Waals surface area contributed by atoms with E-state index in [9.17, 15) is 16.8 Å². The van der Waals surface area contributed by atoms with Gasteiger partial charge in [0.25, 0.3) is 0 Å². The standard InChI is InChI=1S/3Na.H2O6S3.3H/c;;;1-8(2,3)7-9(4,5)6;;;/h;;;(H,1,2,3)(H,4,5,6);;;/q3*+1;;3*-1. The number of hydrogen-bond acceptors (Lipinski definition) is 5. The SMILES string of the molecule is O=S(=O)(O)SS(=O)(=O)O.[H-].[H-].[H-].[Na+].[Na+].[Na+]. The van der Waals surface area contributed by atoms with Gasteiger partial charge in [0.05, 0.1) is 0 Å². The van der Waals surface area contributed by atoms with Crippen LogP contribution in [0.4, 0.5) is 0 Å². The normalized spacial score (nSPS) is 10.2. The minimum Gasteiger partial charge on any atom is -1.00 e. The average molecular weight is 266 g/mol. The molecule has 0 aliphatic heterocycles. The van der Waals surface area contributed by atoms with Crippen LogP contribution in [0.5, 0.6) is 0 Å². The van der Waals surface area contributed by atoms with Crippen molar-refractivity contribution in [2.45, 2.75) is 0 Å². The molecule has 0 heterocycles. The fraction of sp³-hybridized carbons (Fsp3) is 0.